The van der Waals surface area contributed by atoms with Gasteiger partial charge in [-0.3, -0.25) is 0 Å². The van der Waals surface area contributed by atoms with Gasteiger partial charge >= 0.3 is 6.09 Å². The summed E-state index contributed by atoms with van der Waals surface area (Å²) < 4.78 is 20.1. The Balaban J connectivity index is 1.59. The van der Waals surface area contributed by atoms with E-state index in [9.17, 15) is 4.79 Å². The topological polar surface area (TPSA) is 99.5 Å². The Labute approximate surface area is 261 Å². The number of alkyl carbamates (subject to hydrolysis) is 1. The number of pyridine rings is 1. The van der Waals surface area contributed by atoms with Crippen LogP contribution in [-0.4, -0.2) is 53.5 Å². The molecule has 1 aliphatic carbocycles. The number of nitrogens with zero attached hydrogens (tertiary/aromatic N) is 3. The third-order valence-corrected chi connectivity index (χ3v) is 12.8. The summed E-state index contributed by atoms with van der Waals surface area (Å²) in [5, 5.41) is 11.8. The first-order chi connectivity index (χ1) is 19.7. The second-order valence-corrected chi connectivity index (χ2v) is 20.3. The van der Waals surface area contributed by atoms with Crippen LogP contribution in [-0.2, 0) is 14.7 Å². The number of hydrogen-bond donors (Lipinski definition) is 2. The molecule has 242 valence electrons. The van der Waals surface area contributed by atoms with E-state index in [0.717, 1.165) is 49.3 Å². The van der Waals surface area contributed by atoms with Gasteiger partial charge in [0.1, 0.15) is 11.4 Å². The maximum atomic E-state index is 12.0. The lowest BCUT2D eigenvalue weighted by Crippen LogP contribution is -2.43. The first-order valence-corrected chi connectivity index (χ1v) is 18.8. The monoisotopic (exact) mass is 615 g/mol. The zero-order chi connectivity index (χ0) is 32.2. The van der Waals surface area contributed by atoms with Crippen molar-refractivity contribution in [3.63, 3.8) is 0 Å². The number of carbonyl (C=O) groups is 1. The summed E-state index contributed by atoms with van der Waals surface area (Å²) in [6.45, 7) is 26.1. The summed E-state index contributed by atoms with van der Waals surface area (Å²) in [5.41, 5.74) is 1.32. The second kappa shape index (κ2) is 13.6. The number of carbonyl (C=O) groups excluding carboxylic acids is 1. The number of anilines is 2. The lowest BCUT2D eigenvalue weighted by atomic mass is 10.0. The Morgan fingerprint density at radius 1 is 1.09 bits per heavy atom. The molecule has 0 aromatic carbocycles. The number of hydrogen-bond acceptors (Lipinski definition) is 7. The van der Waals surface area contributed by atoms with Gasteiger partial charge in [-0.05, 0) is 105 Å². The number of nitrogens with one attached hydrogen (secondary N) is 2. The normalized spacial score (nSPS) is 18.8. The van der Waals surface area contributed by atoms with E-state index < -0.39 is 20.0 Å². The van der Waals surface area contributed by atoms with Gasteiger partial charge in [-0.25, -0.2) is 14.5 Å². The minimum absolute atomic E-state index is 0.0138. The highest BCUT2D eigenvalue weighted by atomic mass is 28.4. The predicted molar refractivity (Wildman–Crippen MR) is 177 cm³/mol. The SMILES string of the molecule is C[C@@H](CCCOc1cc(Nc2cc([C@H]3CC[C@@H](O[Si](C)(C)C(C)(C)C)C3)nn2C(C)(C)C)ccn1)NC(=O)OC(C)(C)C. The van der Waals surface area contributed by atoms with Crippen molar-refractivity contribution in [3.8, 4) is 5.88 Å². The maximum Gasteiger partial charge on any atom is 0.407 e. The summed E-state index contributed by atoms with van der Waals surface area (Å²) in [6.07, 6.45) is 6.41. The molecule has 3 atom stereocenters. The van der Waals surface area contributed by atoms with Crippen molar-refractivity contribution in [3.05, 3.63) is 30.1 Å². The van der Waals surface area contributed by atoms with Crippen molar-refractivity contribution >= 4 is 25.9 Å². The largest absolute Gasteiger partial charge is 0.478 e. The van der Waals surface area contributed by atoms with Crippen molar-refractivity contribution in [1.29, 1.82) is 0 Å². The molecule has 0 spiro atoms. The Morgan fingerprint density at radius 2 is 1.79 bits per heavy atom. The number of aromatic nitrogens is 3. The van der Waals surface area contributed by atoms with Gasteiger partial charge in [-0.1, -0.05) is 20.8 Å². The first kappa shape index (κ1) is 34.9. The molecule has 0 radical (unpaired) electrons. The minimum atomic E-state index is -1.80. The Hall–Kier alpha value is -2.59. The Bertz CT molecular complexity index is 1210. The van der Waals surface area contributed by atoms with Crippen LogP contribution in [0.2, 0.25) is 18.1 Å². The van der Waals surface area contributed by atoms with E-state index in [2.05, 4.69) is 81.0 Å². The van der Waals surface area contributed by atoms with E-state index >= 15 is 0 Å². The molecule has 1 saturated carbocycles. The van der Waals surface area contributed by atoms with Crippen molar-refractivity contribution < 1.29 is 18.7 Å². The van der Waals surface area contributed by atoms with Crippen LogP contribution < -0.4 is 15.4 Å². The molecule has 1 aliphatic rings. The fraction of sp³-hybridized carbons (Fsp3) is 0.727. The highest BCUT2D eigenvalue weighted by molar-refractivity contribution is 6.74. The van der Waals surface area contributed by atoms with Crippen LogP contribution in [0.25, 0.3) is 0 Å². The van der Waals surface area contributed by atoms with E-state index in [-0.39, 0.29) is 16.6 Å². The molecule has 3 rings (SSSR count). The predicted octanol–water partition coefficient (Wildman–Crippen LogP) is 8.51. The Morgan fingerprint density at radius 3 is 2.42 bits per heavy atom. The molecule has 0 aliphatic heterocycles. The molecule has 1 fully saturated rings. The van der Waals surface area contributed by atoms with Gasteiger partial charge in [0, 0.05) is 42.1 Å². The van der Waals surface area contributed by atoms with Crippen molar-refractivity contribution in [1.82, 2.24) is 20.1 Å². The molecule has 2 heterocycles. The van der Waals surface area contributed by atoms with Gasteiger partial charge in [-0.15, -0.1) is 0 Å². The molecule has 2 aromatic heterocycles. The summed E-state index contributed by atoms with van der Waals surface area (Å²) >= 11 is 0. The van der Waals surface area contributed by atoms with E-state index in [1.807, 2.05) is 39.8 Å². The molecular formula is C33H57N5O4Si. The third-order valence-electron chi connectivity index (χ3n) is 8.24. The lowest BCUT2D eigenvalue weighted by molar-refractivity contribution is 0.0504. The molecule has 2 N–H and O–H groups in total. The molecule has 0 bridgehead atoms. The van der Waals surface area contributed by atoms with Gasteiger partial charge in [0.25, 0.3) is 0 Å². The smallest absolute Gasteiger partial charge is 0.407 e. The molecule has 10 heteroatoms. The van der Waals surface area contributed by atoms with Crippen LogP contribution in [0.5, 0.6) is 5.88 Å². The number of amides is 1. The second-order valence-electron chi connectivity index (χ2n) is 15.6. The van der Waals surface area contributed by atoms with E-state index in [0.29, 0.717) is 24.5 Å². The number of ether oxygens (including phenoxy) is 2. The fourth-order valence-electron chi connectivity index (χ4n) is 4.97. The van der Waals surface area contributed by atoms with E-state index in [4.69, 9.17) is 19.0 Å². The van der Waals surface area contributed by atoms with E-state index in [1.54, 1.807) is 6.20 Å². The van der Waals surface area contributed by atoms with Crippen LogP contribution in [0, 0.1) is 0 Å². The molecule has 2 aromatic rings. The van der Waals surface area contributed by atoms with Crippen LogP contribution in [0.1, 0.15) is 113 Å². The van der Waals surface area contributed by atoms with Gasteiger partial charge in [0.15, 0.2) is 8.32 Å². The third kappa shape index (κ3) is 10.5. The van der Waals surface area contributed by atoms with Gasteiger partial charge < -0.3 is 24.5 Å². The van der Waals surface area contributed by atoms with E-state index in [1.165, 1.54) is 0 Å². The zero-order valence-corrected chi connectivity index (χ0v) is 29.8. The summed E-state index contributed by atoms with van der Waals surface area (Å²) in [6, 6.07) is 6.05. The lowest BCUT2D eigenvalue weighted by Gasteiger charge is -2.38. The van der Waals surface area contributed by atoms with Gasteiger partial charge in [0.05, 0.1) is 17.8 Å². The molecule has 43 heavy (non-hydrogen) atoms. The maximum absolute atomic E-state index is 12.0. The molecule has 9 nitrogen and oxygen atoms in total. The summed E-state index contributed by atoms with van der Waals surface area (Å²) in [4.78, 5) is 16.4. The summed E-state index contributed by atoms with van der Waals surface area (Å²) in [5.74, 6) is 1.90. The average Bonchev–Trinajstić information content (AvgIpc) is 3.47. The van der Waals surface area contributed by atoms with Crippen LogP contribution in [0.15, 0.2) is 24.4 Å². The molecule has 0 unspecified atom stereocenters. The van der Waals surface area contributed by atoms with Crippen LogP contribution >= 0.6 is 0 Å². The van der Waals surface area contributed by atoms with Crippen molar-refractivity contribution in [2.45, 2.75) is 149 Å². The van der Waals surface area contributed by atoms with Gasteiger partial charge in [-0.2, -0.15) is 5.10 Å². The molecule has 0 saturated heterocycles. The van der Waals surface area contributed by atoms with Gasteiger partial charge in [0.2, 0.25) is 5.88 Å². The zero-order valence-electron chi connectivity index (χ0n) is 28.8. The van der Waals surface area contributed by atoms with Crippen LogP contribution in [0.3, 0.4) is 0 Å². The average molecular weight is 616 g/mol. The highest BCUT2D eigenvalue weighted by Crippen LogP contribution is 2.43. The fourth-order valence-corrected chi connectivity index (χ4v) is 6.37. The first-order valence-electron chi connectivity index (χ1n) is 15.9. The standard InChI is InChI=1S/C33H57N5O4Si/c1-23(35-30(39)41-32(5,6)7)14-13-19-40-29-21-25(17-18-34-29)36-28-22-27(37-38(28)31(2,3)4)24-15-16-26(20-24)42-43(11,12)33(8,9)10/h17-18,21-24,26H,13-16,19-20H2,1-12H3,(H,34,36)(H,35,39)/t23-,24-,26+/m0/s1. The van der Waals surface area contributed by atoms with Crippen molar-refractivity contribution in [2.24, 2.45) is 0 Å². The number of rotatable bonds is 11. The summed E-state index contributed by atoms with van der Waals surface area (Å²) in [7, 11) is -1.80. The quantitative estimate of drug-likeness (QED) is 0.193. The minimum Gasteiger partial charge on any atom is -0.478 e. The molecule has 1 amide bonds. The Kier molecular flexibility index (Phi) is 11.0. The van der Waals surface area contributed by atoms with Crippen LogP contribution in [0.4, 0.5) is 16.3 Å². The van der Waals surface area contributed by atoms with Crippen molar-refractivity contribution in [2.75, 3.05) is 11.9 Å². The molecular weight excluding hydrogens is 558 g/mol. The highest BCUT2D eigenvalue weighted by Gasteiger charge is 2.41.